The van der Waals surface area contributed by atoms with E-state index in [4.69, 9.17) is 4.74 Å². The minimum absolute atomic E-state index is 0.0417. The molecule has 1 aromatic carbocycles. The summed E-state index contributed by atoms with van der Waals surface area (Å²) in [6, 6.07) is 7.88. The average molecular weight is 304 g/mol. The molecule has 1 saturated carbocycles. The van der Waals surface area contributed by atoms with Crippen molar-refractivity contribution in [3.05, 3.63) is 29.8 Å². The van der Waals surface area contributed by atoms with E-state index in [1.54, 1.807) is 12.0 Å². The molecule has 0 saturated heterocycles. The number of amides is 2. The van der Waals surface area contributed by atoms with Crippen molar-refractivity contribution in [2.75, 3.05) is 31.7 Å². The molecule has 22 heavy (non-hydrogen) atoms. The van der Waals surface area contributed by atoms with Gasteiger partial charge >= 0.3 is 0 Å². The van der Waals surface area contributed by atoms with Crippen molar-refractivity contribution in [1.82, 2.24) is 5.32 Å². The van der Waals surface area contributed by atoms with Gasteiger partial charge in [0.2, 0.25) is 11.8 Å². The fourth-order valence-corrected chi connectivity index (χ4v) is 2.63. The van der Waals surface area contributed by atoms with Crippen molar-refractivity contribution in [1.29, 1.82) is 0 Å². The second-order valence-electron chi connectivity index (χ2n) is 5.65. The number of carbonyl (C=O) groups is 2. The monoisotopic (exact) mass is 304 g/mol. The van der Waals surface area contributed by atoms with Gasteiger partial charge in [0.25, 0.3) is 0 Å². The zero-order chi connectivity index (χ0) is 16.1. The van der Waals surface area contributed by atoms with Crippen LogP contribution in [0.15, 0.2) is 24.3 Å². The molecule has 0 bridgehead atoms. The van der Waals surface area contributed by atoms with Crippen molar-refractivity contribution >= 4 is 17.5 Å². The predicted octanol–water partition coefficient (Wildman–Crippen LogP) is 1.75. The minimum atomic E-state index is -0.192. The van der Waals surface area contributed by atoms with Gasteiger partial charge < -0.3 is 15.0 Å². The molecule has 2 atom stereocenters. The first kappa shape index (κ1) is 16.5. The van der Waals surface area contributed by atoms with E-state index in [9.17, 15) is 9.59 Å². The highest BCUT2D eigenvalue weighted by molar-refractivity contribution is 6.01. The van der Waals surface area contributed by atoms with E-state index >= 15 is 0 Å². The van der Waals surface area contributed by atoms with E-state index in [0.29, 0.717) is 26.1 Å². The van der Waals surface area contributed by atoms with Crippen molar-refractivity contribution in [2.45, 2.75) is 20.3 Å². The average Bonchev–Trinajstić information content (AvgIpc) is 3.28. The molecule has 0 spiro atoms. The van der Waals surface area contributed by atoms with Gasteiger partial charge in [0.15, 0.2) is 0 Å². The van der Waals surface area contributed by atoms with E-state index in [-0.39, 0.29) is 23.7 Å². The third-order valence-corrected chi connectivity index (χ3v) is 3.95. The number of anilines is 1. The molecule has 2 amide bonds. The van der Waals surface area contributed by atoms with Gasteiger partial charge in [-0.1, -0.05) is 12.1 Å². The van der Waals surface area contributed by atoms with Gasteiger partial charge in [0, 0.05) is 25.9 Å². The maximum Gasteiger partial charge on any atom is 0.230 e. The van der Waals surface area contributed by atoms with Crippen LogP contribution in [0.5, 0.6) is 0 Å². The summed E-state index contributed by atoms with van der Waals surface area (Å²) < 4.78 is 4.90. The predicted molar refractivity (Wildman–Crippen MR) is 85.7 cm³/mol. The van der Waals surface area contributed by atoms with E-state index < -0.39 is 0 Å². The summed E-state index contributed by atoms with van der Waals surface area (Å²) in [5, 5.41) is 2.80. The summed E-state index contributed by atoms with van der Waals surface area (Å²) in [5.74, 6) is -0.387. The lowest BCUT2D eigenvalue weighted by atomic mass is 10.2. The highest BCUT2D eigenvalue weighted by Crippen LogP contribution is 2.40. The van der Waals surface area contributed by atoms with E-state index in [0.717, 1.165) is 11.3 Å². The van der Waals surface area contributed by atoms with Crippen LogP contribution in [0.4, 0.5) is 5.69 Å². The molecule has 1 aliphatic carbocycles. The summed E-state index contributed by atoms with van der Waals surface area (Å²) in [4.78, 5) is 26.3. The molecule has 0 aromatic heterocycles. The zero-order valence-corrected chi connectivity index (χ0v) is 13.5. The summed E-state index contributed by atoms with van der Waals surface area (Å²) in [6.45, 7) is 5.54. The zero-order valence-electron chi connectivity index (χ0n) is 13.5. The number of benzene rings is 1. The molecule has 5 heteroatoms. The van der Waals surface area contributed by atoms with Crippen LogP contribution in [-0.4, -0.2) is 38.6 Å². The maximum absolute atomic E-state index is 12.6. The highest BCUT2D eigenvalue weighted by Gasteiger charge is 2.49. The number of ether oxygens (including phenoxy) is 1. The third kappa shape index (κ3) is 3.85. The van der Waals surface area contributed by atoms with Gasteiger partial charge in [-0.25, -0.2) is 0 Å². The smallest absolute Gasteiger partial charge is 0.230 e. The highest BCUT2D eigenvalue weighted by atomic mass is 16.5. The molecule has 2 unspecified atom stereocenters. The van der Waals surface area contributed by atoms with Crippen LogP contribution in [0.25, 0.3) is 0 Å². The molecule has 1 fully saturated rings. The Kier molecular flexibility index (Phi) is 5.55. The quantitative estimate of drug-likeness (QED) is 0.781. The molecule has 0 heterocycles. The standard InChI is InChI=1S/C17H24N2O3/c1-4-19(13-7-5-6-12(2)10-13)17(21)15-11-14(15)16(20)18-8-9-22-3/h5-7,10,14-15H,4,8-9,11H2,1-3H3,(H,18,20). The van der Waals surface area contributed by atoms with Gasteiger partial charge in [-0.3, -0.25) is 9.59 Å². The summed E-state index contributed by atoms with van der Waals surface area (Å²) in [5.41, 5.74) is 2.02. The van der Waals surface area contributed by atoms with Crippen LogP contribution >= 0.6 is 0 Å². The van der Waals surface area contributed by atoms with Gasteiger partial charge in [-0.05, 0) is 38.0 Å². The number of hydrogen-bond acceptors (Lipinski definition) is 3. The maximum atomic E-state index is 12.6. The van der Waals surface area contributed by atoms with Crippen molar-refractivity contribution in [3.63, 3.8) is 0 Å². The van der Waals surface area contributed by atoms with E-state index in [1.807, 2.05) is 38.1 Å². The lowest BCUT2D eigenvalue weighted by molar-refractivity contribution is -0.126. The number of carbonyl (C=O) groups excluding carboxylic acids is 2. The Bertz CT molecular complexity index is 544. The Morgan fingerprint density at radius 1 is 1.36 bits per heavy atom. The van der Waals surface area contributed by atoms with Crippen LogP contribution in [-0.2, 0) is 14.3 Å². The largest absolute Gasteiger partial charge is 0.383 e. The molecule has 1 aliphatic rings. The number of aryl methyl sites for hydroxylation is 1. The molecular formula is C17H24N2O3. The van der Waals surface area contributed by atoms with Crippen LogP contribution in [0.1, 0.15) is 18.9 Å². The number of rotatable bonds is 7. The first-order valence-electron chi connectivity index (χ1n) is 7.73. The Morgan fingerprint density at radius 2 is 2.14 bits per heavy atom. The summed E-state index contributed by atoms with van der Waals surface area (Å²) in [6.07, 6.45) is 0.639. The van der Waals surface area contributed by atoms with Gasteiger partial charge in [-0.2, -0.15) is 0 Å². The first-order chi connectivity index (χ1) is 10.6. The second kappa shape index (κ2) is 7.40. The molecule has 0 aliphatic heterocycles. The van der Waals surface area contributed by atoms with Crippen molar-refractivity contribution in [3.8, 4) is 0 Å². The van der Waals surface area contributed by atoms with E-state index in [1.165, 1.54) is 0 Å². The molecule has 120 valence electrons. The van der Waals surface area contributed by atoms with Crippen LogP contribution in [0.2, 0.25) is 0 Å². The van der Waals surface area contributed by atoms with Gasteiger partial charge in [-0.15, -0.1) is 0 Å². The molecular weight excluding hydrogens is 280 g/mol. The Balaban J connectivity index is 1.95. The molecule has 5 nitrogen and oxygen atoms in total. The Morgan fingerprint density at radius 3 is 2.77 bits per heavy atom. The first-order valence-corrected chi connectivity index (χ1v) is 7.73. The van der Waals surface area contributed by atoms with Crippen LogP contribution < -0.4 is 10.2 Å². The summed E-state index contributed by atoms with van der Waals surface area (Å²) in [7, 11) is 1.59. The van der Waals surface area contributed by atoms with Crippen molar-refractivity contribution in [2.24, 2.45) is 11.8 Å². The molecule has 2 rings (SSSR count). The SMILES string of the molecule is CCN(C(=O)C1CC1C(=O)NCCOC)c1cccc(C)c1. The molecule has 0 radical (unpaired) electrons. The Hall–Kier alpha value is -1.88. The van der Waals surface area contributed by atoms with Crippen molar-refractivity contribution < 1.29 is 14.3 Å². The topological polar surface area (TPSA) is 58.6 Å². The number of methoxy groups -OCH3 is 1. The van der Waals surface area contributed by atoms with Gasteiger partial charge in [0.05, 0.1) is 18.4 Å². The fourth-order valence-electron chi connectivity index (χ4n) is 2.63. The second-order valence-corrected chi connectivity index (χ2v) is 5.65. The minimum Gasteiger partial charge on any atom is -0.383 e. The lowest BCUT2D eigenvalue weighted by Crippen LogP contribution is -2.35. The van der Waals surface area contributed by atoms with Gasteiger partial charge in [0.1, 0.15) is 0 Å². The number of hydrogen-bond donors (Lipinski definition) is 1. The normalized spacial score (nSPS) is 19.6. The van der Waals surface area contributed by atoms with E-state index in [2.05, 4.69) is 5.32 Å². The number of nitrogens with one attached hydrogen (secondary N) is 1. The molecule has 1 aromatic rings. The Labute approximate surface area is 131 Å². The lowest BCUT2D eigenvalue weighted by Gasteiger charge is -2.21. The summed E-state index contributed by atoms with van der Waals surface area (Å²) >= 11 is 0. The number of nitrogens with zero attached hydrogens (tertiary/aromatic N) is 1. The fraction of sp³-hybridized carbons (Fsp3) is 0.529. The third-order valence-electron chi connectivity index (χ3n) is 3.95. The molecule has 1 N–H and O–H groups in total. The van der Waals surface area contributed by atoms with Crippen LogP contribution in [0, 0.1) is 18.8 Å². The van der Waals surface area contributed by atoms with Crippen LogP contribution in [0.3, 0.4) is 0 Å².